The number of hydrogen-bond donors (Lipinski definition) is 0. The molecular formula is C10H5F6NO. The molecular weight excluding hydrogens is 264 g/mol. The van der Waals surface area contributed by atoms with Crippen molar-refractivity contribution >= 4 is 18.2 Å². The zero-order chi connectivity index (χ0) is 14.0. The second-order valence-corrected chi connectivity index (χ2v) is 3.18. The molecule has 98 valence electrons. The summed E-state index contributed by atoms with van der Waals surface area (Å²) in [5.41, 5.74) is -3.55. The Bertz CT molecular complexity index is 442. The summed E-state index contributed by atoms with van der Waals surface area (Å²) in [5, 5.41) is 0. The minimum absolute atomic E-state index is 0.0140. The van der Waals surface area contributed by atoms with Gasteiger partial charge in [-0.05, 0) is 18.2 Å². The number of carbonyl (C=O) groups excluding carboxylic acids is 1. The molecule has 0 N–H and O–H groups in total. The molecule has 0 spiro atoms. The fourth-order valence-corrected chi connectivity index (χ4v) is 1.13. The lowest BCUT2D eigenvalue weighted by Crippen LogP contribution is -2.10. The Kier molecular flexibility index (Phi) is 3.78. The van der Waals surface area contributed by atoms with Crippen LogP contribution in [0.2, 0.25) is 0 Å². The van der Waals surface area contributed by atoms with E-state index in [2.05, 4.69) is 4.99 Å². The summed E-state index contributed by atoms with van der Waals surface area (Å²) >= 11 is 0. The molecule has 8 heteroatoms. The third-order valence-corrected chi connectivity index (χ3v) is 1.86. The molecule has 0 aliphatic heterocycles. The van der Waals surface area contributed by atoms with Gasteiger partial charge < -0.3 is 0 Å². The van der Waals surface area contributed by atoms with Crippen molar-refractivity contribution in [2.45, 2.75) is 12.4 Å². The molecule has 1 aromatic carbocycles. The van der Waals surface area contributed by atoms with Gasteiger partial charge in [-0.3, -0.25) is 9.79 Å². The molecule has 0 aliphatic carbocycles. The summed E-state index contributed by atoms with van der Waals surface area (Å²) < 4.78 is 74.2. The molecule has 0 amide bonds. The SMILES string of the molecule is O=CC=Nc1cc(C(F)(F)F)cc(C(F)(F)F)c1. The Balaban J connectivity index is 3.38. The molecule has 0 aliphatic rings. The highest BCUT2D eigenvalue weighted by Crippen LogP contribution is 2.38. The monoisotopic (exact) mass is 269 g/mol. The zero-order valence-corrected chi connectivity index (χ0v) is 8.51. The largest absolute Gasteiger partial charge is 0.416 e. The van der Waals surface area contributed by atoms with E-state index in [1.165, 1.54) is 0 Å². The van der Waals surface area contributed by atoms with E-state index >= 15 is 0 Å². The number of nitrogens with zero attached hydrogens (tertiary/aromatic N) is 1. The first-order valence-corrected chi connectivity index (χ1v) is 4.42. The van der Waals surface area contributed by atoms with Gasteiger partial charge in [0.25, 0.3) is 0 Å². The average molecular weight is 269 g/mol. The lowest BCUT2D eigenvalue weighted by Gasteiger charge is -2.12. The maximum Gasteiger partial charge on any atom is 0.416 e. The third-order valence-electron chi connectivity index (χ3n) is 1.86. The third kappa shape index (κ3) is 3.57. The van der Waals surface area contributed by atoms with E-state index in [1.54, 1.807) is 0 Å². The van der Waals surface area contributed by atoms with Crippen LogP contribution < -0.4 is 0 Å². The van der Waals surface area contributed by atoms with E-state index in [4.69, 9.17) is 0 Å². The van der Waals surface area contributed by atoms with Gasteiger partial charge >= 0.3 is 12.4 Å². The van der Waals surface area contributed by atoms with Gasteiger partial charge in [-0.2, -0.15) is 26.3 Å². The summed E-state index contributed by atoms with van der Waals surface area (Å²) in [4.78, 5) is 13.1. The molecule has 0 unspecified atom stereocenters. The molecule has 0 fully saturated rings. The van der Waals surface area contributed by atoms with Crippen molar-refractivity contribution in [1.29, 1.82) is 0 Å². The quantitative estimate of drug-likeness (QED) is 0.458. The highest BCUT2D eigenvalue weighted by atomic mass is 19.4. The Morgan fingerprint density at radius 3 is 1.67 bits per heavy atom. The molecule has 0 radical (unpaired) electrons. The van der Waals surface area contributed by atoms with Crippen LogP contribution in [0.4, 0.5) is 32.0 Å². The lowest BCUT2D eigenvalue weighted by atomic mass is 10.1. The van der Waals surface area contributed by atoms with Crippen molar-refractivity contribution in [3.8, 4) is 0 Å². The van der Waals surface area contributed by atoms with E-state index in [0.717, 1.165) is 0 Å². The van der Waals surface area contributed by atoms with Gasteiger partial charge in [0.2, 0.25) is 0 Å². The van der Waals surface area contributed by atoms with Crippen molar-refractivity contribution in [3.05, 3.63) is 29.3 Å². The molecule has 2 nitrogen and oxygen atoms in total. The predicted molar refractivity (Wildman–Crippen MR) is 50.7 cm³/mol. The lowest BCUT2D eigenvalue weighted by molar-refractivity contribution is -0.143. The molecule has 0 saturated heterocycles. The number of carbonyl (C=O) groups is 1. The van der Waals surface area contributed by atoms with Gasteiger partial charge in [0, 0.05) is 0 Å². The number of halogens is 6. The molecule has 1 aromatic rings. The molecule has 0 aromatic heterocycles. The van der Waals surface area contributed by atoms with Gasteiger partial charge in [-0.25, -0.2) is 0 Å². The Morgan fingerprint density at radius 2 is 1.33 bits per heavy atom. The van der Waals surface area contributed by atoms with Crippen LogP contribution in [0.15, 0.2) is 23.2 Å². The van der Waals surface area contributed by atoms with Crippen LogP contribution in [0, 0.1) is 0 Å². The first-order valence-electron chi connectivity index (χ1n) is 4.42. The summed E-state index contributed by atoms with van der Waals surface area (Å²) in [5.74, 6) is 0. The fraction of sp³-hybridized carbons (Fsp3) is 0.200. The number of benzene rings is 1. The van der Waals surface area contributed by atoms with E-state index in [1.807, 2.05) is 0 Å². The van der Waals surface area contributed by atoms with Crippen LogP contribution in [0.1, 0.15) is 11.1 Å². The van der Waals surface area contributed by atoms with E-state index < -0.39 is 29.2 Å². The molecule has 18 heavy (non-hydrogen) atoms. The minimum atomic E-state index is -4.92. The fourth-order valence-electron chi connectivity index (χ4n) is 1.13. The van der Waals surface area contributed by atoms with E-state index in [-0.39, 0.29) is 12.4 Å². The summed E-state index contributed by atoms with van der Waals surface area (Å²) in [6.45, 7) is 0. The first-order chi connectivity index (χ1) is 8.14. The number of aldehydes is 1. The number of aliphatic imine (C=N–C) groups is 1. The standard InChI is InChI=1S/C10H5F6NO/c11-9(12,13)6-3-7(10(14,15)16)5-8(4-6)17-1-2-18/h1-5H. The Morgan fingerprint density at radius 1 is 0.889 bits per heavy atom. The summed E-state index contributed by atoms with van der Waals surface area (Å²) in [7, 11) is 0. The van der Waals surface area contributed by atoms with Crippen LogP contribution in [-0.2, 0) is 17.1 Å². The second kappa shape index (κ2) is 4.79. The van der Waals surface area contributed by atoms with Crippen LogP contribution in [0.25, 0.3) is 0 Å². The van der Waals surface area contributed by atoms with Crippen LogP contribution in [-0.4, -0.2) is 12.5 Å². The van der Waals surface area contributed by atoms with Crippen molar-refractivity contribution in [2.24, 2.45) is 4.99 Å². The van der Waals surface area contributed by atoms with Gasteiger partial charge in [0.1, 0.15) is 0 Å². The summed E-state index contributed by atoms with van der Waals surface area (Å²) in [6, 6.07) is 0.838. The Hall–Kier alpha value is -1.86. The van der Waals surface area contributed by atoms with Crippen molar-refractivity contribution in [1.82, 2.24) is 0 Å². The Labute approximate surface area is 96.9 Å². The molecule has 1 rings (SSSR count). The maximum atomic E-state index is 12.4. The van der Waals surface area contributed by atoms with Gasteiger partial charge in [0.05, 0.1) is 23.0 Å². The van der Waals surface area contributed by atoms with Crippen LogP contribution in [0.3, 0.4) is 0 Å². The van der Waals surface area contributed by atoms with Crippen molar-refractivity contribution in [2.75, 3.05) is 0 Å². The topological polar surface area (TPSA) is 29.4 Å². The number of rotatable bonds is 2. The smallest absolute Gasteiger partial charge is 0.297 e. The maximum absolute atomic E-state index is 12.4. The normalized spacial score (nSPS) is 13.0. The molecule has 0 atom stereocenters. The van der Waals surface area contributed by atoms with Gasteiger partial charge in [0.15, 0.2) is 6.29 Å². The highest BCUT2D eigenvalue weighted by Gasteiger charge is 2.36. The van der Waals surface area contributed by atoms with E-state index in [9.17, 15) is 31.1 Å². The van der Waals surface area contributed by atoms with Crippen molar-refractivity contribution < 1.29 is 31.1 Å². The van der Waals surface area contributed by atoms with Crippen LogP contribution >= 0.6 is 0 Å². The van der Waals surface area contributed by atoms with Crippen molar-refractivity contribution in [3.63, 3.8) is 0 Å². The highest BCUT2D eigenvalue weighted by molar-refractivity contribution is 6.13. The molecule has 0 bridgehead atoms. The van der Waals surface area contributed by atoms with Gasteiger partial charge in [-0.1, -0.05) is 0 Å². The second-order valence-electron chi connectivity index (χ2n) is 3.18. The zero-order valence-electron chi connectivity index (χ0n) is 8.51. The average Bonchev–Trinajstić information content (AvgIpc) is 2.23. The summed E-state index contributed by atoms with van der Waals surface area (Å²) in [6.07, 6.45) is -9.14. The van der Waals surface area contributed by atoms with E-state index in [0.29, 0.717) is 18.3 Å². The number of alkyl halides is 6. The molecule has 0 heterocycles. The van der Waals surface area contributed by atoms with Gasteiger partial charge in [-0.15, -0.1) is 0 Å². The predicted octanol–water partition coefficient (Wildman–Crippen LogP) is 3.63. The first kappa shape index (κ1) is 14.2. The van der Waals surface area contributed by atoms with Crippen LogP contribution in [0.5, 0.6) is 0 Å². The number of hydrogen-bond acceptors (Lipinski definition) is 2. The minimum Gasteiger partial charge on any atom is -0.297 e. The molecule has 0 saturated carbocycles.